The fourth-order valence-corrected chi connectivity index (χ4v) is 5.56. The van der Waals surface area contributed by atoms with Gasteiger partial charge in [0.15, 0.2) is 27.5 Å². The second-order valence-electron chi connectivity index (χ2n) is 7.36. The minimum atomic E-state index is -3.51. The lowest BCUT2D eigenvalue weighted by Crippen LogP contribution is -2.47. The number of carbonyl (C=O) groups excluding carboxylic acids is 1. The predicted octanol–water partition coefficient (Wildman–Crippen LogP) is 2.49. The van der Waals surface area contributed by atoms with Gasteiger partial charge in [0.05, 0.1) is 4.90 Å². The summed E-state index contributed by atoms with van der Waals surface area (Å²) in [6.07, 6.45) is 2.34. The lowest BCUT2D eigenvalue weighted by atomic mass is 10.0. The molecule has 0 radical (unpaired) electrons. The van der Waals surface area contributed by atoms with E-state index in [1.807, 2.05) is 4.90 Å². The molecular weight excluding hydrogens is 499 g/mol. The Kier molecular flexibility index (Phi) is 5.99. The maximum Gasteiger partial charge on any atom is 0.263 e. The lowest BCUT2D eigenvalue weighted by Gasteiger charge is -2.36. The summed E-state index contributed by atoms with van der Waals surface area (Å²) in [6, 6.07) is 3.58. The average molecular weight is 519 g/mol. The van der Waals surface area contributed by atoms with E-state index in [4.69, 9.17) is 4.74 Å². The summed E-state index contributed by atoms with van der Waals surface area (Å²) in [7, 11) is -3.51. The molecule has 1 unspecified atom stereocenters. The molecule has 1 aromatic heterocycles. The molecule has 0 bridgehead atoms. The number of likely N-dealkylation sites (tertiary alicyclic amines) is 1. The van der Waals surface area contributed by atoms with Crippen LogP contribution >= 0.6 is 27.5 Å². The largest absolute Gasteiger partial charge is 0.477 e. The number of anilines is 1. The minimum Gasteiger partial charge on any atom is -0.477 e. The van der Waals surface area contributed by atoms with Gasteiger partial charge in [0, 0.05) is 49.9 Å². The highest BCUT2D eigenvalue weighted by Crippen LogP contribution is 2.30. The summed E-state index contributed by atoms with van der Waals surface area (Å²) in [5.74, 6) is -1.06. The van der Waals surface area contributed by atoms with E-state index in [9.17, 15) is 17.6 Å². The molecule has 1 aromatic carbocycles. The monoisotopic (exact) mass is 518 g/mol. The summed E-state index contributed by atoms with van der Waals surface area (Å²) in [6.45, 7) is 2.12. The highest BCUT2D eigenvalue weighted by molar-refractivity contribution is 9.10. The fourth-order valence-electron chi connectivity index (χ4n) is 3.80. The van der Waals surface area contributed by atoms with Crippen molar-refractivity contribution in [1.29, 1.82) is 0 Å². The highest BCUT2D eigenvalue weighted by atomic mass is 79.9. The van der Waals surface area contributed by atoms with Gasteiger partial charge < -0.3 is 14.5 Å². The molecule has 12 heteroatoms. The first-order chi connectivity index (χ1) is 14.2. The summed E-state index contributed by atoms with van der Waals surface area (Å²) in [4.78, 5) is 21.0. The molecule has 0 N–H and O–H groups in total. The van der Waals surface area contributed by atoms with Crippen LogP contribution in [0.2, 0.25) is 0 Å². The van der Waals surface area contributed by atoms with Crippen molar-refractivity contribution >= 4 is 48.3 Å². The van der Waals surface area contributed by atoms with E-state index in [0.717, 1.165) is 43.4 Å². The van der Waals surface area contributed by atoms with Crippen molar-refractivity contribution in [3.63, 3.8) is 0 Å². The minimum absolute atomic E-state index is 0.108. The molecule has 162 valence electrons. The van der Waals surface area contributed by atoms with Crippen LogP contribution in [-0.4, -0.2) is 66.6 Å². The number of benzene rings is 1. The van der Waals surface area contributed by atoms with Crippen molar-refractivity contribution in [1.82, 2.24) is 14.3 Å². The van der Waals surface area contributed by atoms with E-state index in [1.165, 1.54) is 23.7 Å². The molecular formula is C18H20BrFN4O4S2. The molecule has 2 aliphatic rings. The van der Waals surface area contributed by atoms with Crippen LogP contribution in [0, 0.1) is 5.82 Å². The van der Waals surface area contributed by atoms with E-state index in [-0.39, 0.29) is 22.6 Å². The van der Waals surface area contributed by atoms with Gasteiger partial charge >= 0.3 is 0 Å². The predicted molar refractivity (Wildman–Crippen MR) is 113 cm³/mol. The fraction of sp³-hybridized carbons (Fsp3) is 0.500. The van der Waals surface area contributed by atoms with Crippen molar-refractivity contribution in [2.75, 3.05) is 30.8 Å². The molecule has 0 aliphatic carbocycles. The number of hydrogen-bond donors (Lipinski definition) is 0. The first-order valence-corrected chi connectivity index (χ1v) is 12.9. The van der Waals surface area contributed by atoms with Crippen molar-refractivity contribution in [2.45, 2.75) is 36.3 Å². The maximum atomic E-state index is 14.3. The normalized spacial score (nSPS) is 20.8. The molecule has 30 heavy (non-hydrogen) atoms. The Hall–Kier alpha value is -1.79. The van der Waals surface area contributed by atoms with Crippen molar-refractivity contribution < 1.29 is 22.3 Å². The quantitative estimate of drug-likeness (QED) is 0.600. The third-order valence-corrected chi connectivity index (χ3v) is 7.83. The first-order valence-electron chi connectivity index (χ1n) is 9.43. The zero-order valence-corrected chi connectivity index (χ0v) is 19.3. The molecule has 4 rings (SSSR count). The smallest absolute Gasteiger partial charge is 0.263 e. The van der Waals surface area contributed by atoms with Crippen LogP contribution in [0.15, 0.2) is 27.8 Å². The molecule has 0 spiro atoms. The summed E-state index contributed by atoms with van der Waals surface area (Å²) in [5, 5.41) is 0.863. The zero-order chi connectivity index (χ0) is 21.5. The molecule has 2 aliphatic heterocycles. The maximum absolute atomic E-state index is 14.3. The first kappa shape index (κ1) is 21.4. The third kappa shape index (κ3) is 4.45. The van der Waals surface area contributed by atoms with E-state index >= 15 is 0 Å². The van der Waals surface area contributed by atoms with Crippen LogP contribution in [0.25, 0.3) is 0 Å². The van der Waals surface area contributed by atoms with E-state index < -0.39 is 21.8 Å². The Morgan fingerprint density at radius 2 is 1.97 bits per heavy atom. The van der Waals surface area contributed by atoms with Crippen LogP contribution in [-0.2, 0) is 14.6 Å². The van der Waals surface area contributed by atoms with Gasteiger partial charge in [-0.3, -0.25) is 4.79 Å². The Labute approximate surface area is 186 Å². The van der Waals surface area contributed by atoms with Crippen LogP contribution in [0.3, 0.4) is 0 Å². The number of sulfone groups is 1. The van der Waals surface area contributed by atoms with Crippen molar-refractivity contribution in [3.8, 4) is 5.75 Å². The van der Waals surface area contributed by atoms with Gasteiger partial charge in [-0.15, -0.1) is 0 Å². The summed E-state index contributed by atoms with van der Waals surface area (Å²) >= 11 is 4.60. The van der Waals surface area contributed by atoms with Crippen LogP contribution in [0.5, 0.6) is 5.75 Å². The molecule has 1 atom stereocenters. The van der Waals surface area contributed by atoms with Crippen LogP contribution in [0.1, 0.15) is 19.3 Å². The molecule has 3 heterocycles. The Morgan fingerprint density at radius 3 is 2.57 bits per heavy atom. The topological polar surface area (TPSA) is 92.7 Å². The van der Waals surface area contributed by atoms with E-state index in [2.05, 4.69) is 30.2 Å². The van der Waals surface area contributed by atoms with Gasteiger partial charge in [-0.1, -0.05) is 0 Å². The third-order valence-electron chi connectivity index (χ3n) is 5.36. The van der Waals surface area contributed by atoms with Gasteiger partial charge in [-0.25, -0.2) is 12.8 Å². The highest BCUT2D eigenvalue weighted by Gasteiger charge is 2.39. The summed E-state index contributed by atoms with van der Waals surface area (Å²) in [5.41, 5.74) is 0. The van der Waals surface area contributed by atoms with Crippen molar-refractivity contribution in [2.24, 2.45) is 0 Å². The van der Waals surface area contributed by atoms with Gasteiger partial charge in [0.1, 0.15) is 0 Å². The van der Waals surface area contributed by atoms with E-state index in [0.29, 0.717) is 17.7 Å². The number of aromatic nitrogens is 2. The second kappa shape index (κ2) is 8.39. The van der Waals surface area contributed by atoms with Gasteiger partial charge in [-0.2, -0.15) is 9.36 Å². The molecule has 8 nitrogen and oxygen atoms in total. The molecule has 2 aromatic rings. The number of nitrogens with zero attached hydrogens (tertiary/aromatic N) is 4. The standard InChI is InChI=1S/C18H20BrFN4O4S2/c1-30(26,27)12-2-3-14(13(20)10-12)28-15-6-9-24(16(15)25)11-4-7-23(8-5-11)18-21-17(19)22-29-18/h2-3,10-11,15H,4-9H2,1H3. The lowest BCUT2D eigenvalue weighted by molar-refractivity contribution is -0.135. The number of amides is 1. The second-order valence-corrected chi connectivity index (χ2v) is 10.8. The summed E-state index contributed by atoms with van der Waals surface area (Å²) < 4.78 is 47.7. The SMILES string of the molecule is CS(=O)(=O)c1ccc(OC2CCN(C3CCN(c4nc(Br)ns4)CC3)C2=O)c(F)c1. The molecule has 2 fully saturated rings. The number of ether oxygens (including phenoxy) is 1. The van der Waals surface area contributed by atoms with Crippen LogP contribution < -0.4 is 9.64 Å². The number of hydrogen-bond acceptors (Lipinski definition) is 8. The van der Waals surface area contributed by atoms with Crippen LogP contribution in [0.4, 0.5) is 9.52 Å². The number of halogens is 2. The number of rotatable bonds is 5. The number of piperidine rings is 1. The van der Waals surface area contributed by atoms with Gasteiger partial charge in [0.2, 0.25) is 9.87 Å². The number of carbonyl (C=O) groups is 1. The Bertz CT molecular complexity index is 1060. The van der Waals surface area contributed by atoms with Gasteiger partial charge in [0.25, 0.3) is 5.91 Å². The van der Waals surface area contributed by atoms with E-state index in [1.54, 1.807) is 0 Å². The Balaban J connectivity index is 1.36. The average Bonchev–Trinajstić information content (AvgIpc) is 3.29. The van der Waals surface area contributed by atoms with Crippen molar-refractivity contribution in [3.05, 3.63) is 28.7 Å². The Morgan fingerprint density at radius 1 is 1.23 bits per heavy atom. The van der Waals surface area contributed by atoms with Gasteiger partial charge in [-0.05, 0) is 47.0 Å². The zero-order valence-electron chi connectivity index (χ0n) is 16.1. The molecule has 1 amide bonds. The molecule has 2 saturated heterocycles. The molecule has 0 saturated carbocycles.